The Morgan fingerprint density at radius 3 is 2.18 bits per heavy atom. The lowest BCUT2D eigenvalue weighted by molar-refractivity contribution is -0.233. The Labute approximate surface area is 235 Å². The first-order valence-corrected chi connectivity index (χ1v) is 15.7. The molecule has 0 amide bonds. The molecule has 8 atom stereocenters. The number of fused-ring (bicyclic) bond motifs is 7. The lowest BCUT2D eigenvalue weighted by Gasteiger charge is -2.72. The predicted molar refractivity (Wildman–Crippen MR) is 155 cm³/mol. The van der Waals surface area contributed by atoms with E-state index in [1.807, 2.05) is 0 Å². The van der Waals surface area contributed by atoms with Gasteiger partial charge in [-0.3, -0.25) is 9.59 Å². The van der Waals surface area contributed by atoms with Crippen LogP contribution in [0.2, 0.25) is 0 Å². The summed E-state index contributed by atoms with van der Waals surface area (Å²) in [5.74, 6) is 2.15. The molecule has 0 spiro atoms. The van der Waals surface area contributed by atoms with Crippen molar-refractivity contribution in [3.05, 3.63) is 11.1 Å². The molecule has 0 aliphatic heterocycles. The van der Waals surface area contributed by atoms with Crippen LogP contribution in [-0.2, 0) is 19.1 Å². The summed E-state index contributed by atoms with van der Waals surface area (Å²) in [5.41, 5.74) is 4.29. The second kappa shape index (κ2) is 9.10. The normalized spacial score (nSPS) is 45.5. The van der Waals surface area contributed by atoms with Crippen LogP contribution in [0.1, 0.15) is 129 Å². The average molecular weight is 531 g/mol. The Kier molecular flexibility index (Phi) is 6.76. The van der Waals surface area contributed by atoms with Gasteiger partial charge in [0.1, 0.15) is 12.7 Å². The first-order chi connectivity index (χ1) is 17.6. The van der Waals surface area contributed by atoms with Crippen molar-refractivity contribution in [1.82, 2.24) is 0 Å². The smallest absolute Gasteiger partial charge is 0.302 e. The number of hydrogen-bond donors (Lipinski definition) is 0. The van der Waals surface area contributed by atoms with E-state index < -0.39 is 0 Å². The van der Waals surface area contributed by atoms with E-state index in [4.69, 9.17) is 9.47 Å². The van der Waals surface area contributed by atoms with Crippen molar-refractivity contribution in [1.29, 1.82) is 0 Å². The first-order valence-electron chi connectivity index (χ1n) is 15.7. The molecule has 0 saturated heterocycles. The lowest BCUT2D eigenvalue weighted by atomic mass is 9.33. The van der Waals surface area contributed by atoms with Crippen molar-refractivity contribution in [3.8, 4) is 0 Å². The van der Waals surface area contributed by atoms with Gasteiger partial charge in [-0.1, -0.05) is 59.6 Å². The van der Waals surface area contributed by atoms with Gasteiger partial charge in [-0.05, 0) is 104 Å². The predicted octanol–water partition coefficient (Wildman–Crippen LogP) is 8.77. The van der Waals surface area contributed by atoms with Crippen LogP contribution in [0.5, 0.6) is 0 Å². The fourth-order valence-electron chi connectivity index (χ4n) is 11.6. The quantitative estimate of drug-likeness (QED) is 0.269. The Bertz CT molecular complexity index is 1030. The van der Waals surface area contributed by atoms with Crippen LogP contribution in [0.4, 0.5) is 0 Å². The van der Waals surface area contributed by atoms with Crippen molar-refractivity contribution in [3.63, 3.8) is 0 Å². The van der Waals surface area contributed by atoms with Gasteiger partial charge in [0, 0.05) is 27.5 Å². The molecule has 4 heteroatoms. The number of carbonyl (C=O) groups is 2. The van der Waals surface area contributed by atoms with Crippen LogP contribution < -0.4 is 0 Å². The third kappa shape index (κ3) is 3.80. The SMILES string of the molecule is CC(=O)OC[C@]12CCC(C(C)C)=C1[C@H]1CCC3[C@@]4(C)CC[C@H](OC(C)=O)C(C)(C)C4CC[C@@]3(C)[C@]1(C)CC2.[HH].[HH]. The summed E-state index contributed by atoms with van der Waals surface area (Å²) in [5, 5.41) is 0. The van der Waals surface area contributed by atoms with Crippen LogP contribution in [-0.4, -0.2) is 24.6 Å². The molecule has 218 valence electrons. The number of carbonyl (C=O) groups excluding carboxylic acids is 2. The molecule has 0 N–H and O–H groups in total. The topological polar surface area (TPSA) is 52.6 Å². The minimum Gasteiger partial charge on any atom is -0.465 e. The van der Waals surface area contributed by atoms with Crippen molar-refractivity contribution in [2.75, 3.05) is 6.61 Å². The van der Waals surface area contributed by atoms with Gasteiger partial charge < -0.3 is 9.47 Å². The summed E-state index contributed by atoms with van der Waals surface area (Å²) in [6.45, 7) is 21.1. The maximum Gasteiger partial charge on any atom is 0.302 e. The van der Waals surface area contributed by atoms with Gasteiger partial charge in [0.2, 0.25) is 0 Å². The summed E-state index contributed by atoms with van der Waals surface area (Å²) < 4.78 is 11.7. The van der Waals surface area contributed by atoms with Gasteiger partial charge in [-0.15, -0.1) is 0 Å². The number of ether oxygens (including phenoxy) is 2. The fourth-order valence-corrected chi connectivity index (χ4v) is 11.6. The Morgan fingerprint density at radius 2 is 1.55 bits per heavy atom. The van der Waals surface area contributed by atoms with Crippen LogP contribution >= 0.6 is 0 Å². The number of hydrogen-bond acceptors (Lipinski definition) is 4. The summed E-state index contributed by atoms with van der Waals surface area (Å²) in [6, 6.07) is 0. The number of rotatable bonds is 4. The lowest BCUT2D eigenvalue weighted by Crippen LogP contribution is -2.66. The Morgan fingerprint density at radius 1 is 0.842 bits per heavy atom. The van der Waals surface area contributed by atoms with Gasteiger partial charge in [0.05, 0.1) is 0 Å². The standard InChI is InChI=1S/C34H54O4.2H2/c1-21(2)24-12-17-34(20-37-22(3)35)19-18-32(8)25(29(24)34)10-11-27-31(7)15-14-28(38-23(4)36)30(5,6)26(31)13-16-33(27,32)9;;/h21,25-28H,10-20H2,1-9H3;2*1H/t25-,26?,27?,28+,31+,32-,33-,34-;;/m1../s1. The molecular weight excluding hydrogens is 472 g/mol. The van der Waals surface area contributed by atoms with Crippen molar-refractivity contribution < 1.29 is 21.9 Å². The second-order valence-corrected chi connectivity index (χ2v) is 15.7. The van der Waals surface area contributed by atoms with Gasteiger partial charge in [0.15, 0.2) is 0 Å². The van der Waals surface area contributed by atoms with Gasteiger partial charge in [-0.2, -0.15) is 0 Å². The average Bonchev–Trinajstić information content (AvgIpc) is 3.20. The maximum absolute atomic E-state index is 11.9. The monoisotopic (exact) mass is 530 g/mol. The number of esters is 2. The molecule has 0 aromatic rings. The molecule has 0 bridgehead atoms. The zero-order chi connectivity index (χ0) is 27.9. The Balaban J connectivity index is 0.00000220. The molecule has 0 heterocycles. The van der Waals surface area contributed by atoms with E-state index in [1.54, 1.807) is 25.0 Å². The van der Waals surface area contributed by atoms with Crippen LogP contribution in [0, 0.1) is 50.7 Å². The second-order valence-electron chi connectivity index (χ2n) is 15.7. The molecule has 5 rings (SSSR count). The fraction of sp³-hybridized carbons (Fsp3) is 0.882. The summed E-state index contributed by atoms with van der Waals surface area (Å²) in [4.78, 5) is 23.8. The molecule has 38 heavy (non-hydrogen) atoms. The van der Waals surface area contributed by atoms with E-state index in [-0.39, 0.29) is 48.0 Å². The van der Waals surface area contributed by atoms with Crippen LogP contribution in [0.3, 0.4) is 0 Å². The molecule has 5 aliphatic carbocycles. The van der Waals surface area contributed by atoms with E-state index >= 15 is 0 Å². The molecule has 4 fully saturated rings. The molecule has 5 aliphatic rings. The van der Waals surface area contributed by atoms with Crippen LogP contribution in [0.25, 0.3) is 0 Å². The highest BCUT2D eigenvalue weighted by molar-refractivity contribution is 5.66. The summed E-state index contributed by atoms with van der Waals surface area (Å²) >= 11 is 0. The molecule has 0 radical (unpaired) electrons. The molecule has 0 aromatic carbocycles. The largest absolute Gasteiger partial charge is 0.465 e. The Hall–Kier alpha value is -1.32. The summed E-state index contributed by atoms with van der Waals surface area (Å²) in [6.07, 6.45) is 11.9. The number of allylic oxidation sites excluding steroid dienone is 1. The highest BCUT2D eigenvalue weighted by Gasteiger charge is 2.69. The van der Waals surface area contributed by atoms with Gasteiger partial charge in [-0.25, -0.2) is 0 Å². The van der Waals surface area contributed by atoms with Gasteiger partial charge in [0.25, 0.3) is 0 Å². The highest BCUT2D eigenvalue weighted by Crippen LogP contribution is 2.76. The molecule has 4 nitrogen and oxygen atoms in total. The van der Waals surface area contributed by atoms with E-state index in [1.165, 1.54) is 38.5 Å². The van der Waals surface area contributed by atoms with E-state index in [9.17, 15) is 9.59 Å². The third-order valence-electron chi connectivity index (χ3n) is 13.6. The van der Waals surface area contributed by atoms with E-state index in [0.29, 0.717) is 30.3 Å². The molecule has 2 unspecified atom stereocenters. The zero-order valence-electron chi connectivity index (χ0n) is 25.8. The molecule has 0 aromatic heterocycles. The third-order valence-corrected chi connectivity index (χ3v) is 13.6. The minimum absolute atomic E-state index is 0. The highest BCUT2D eigenvalue weighted by atomic mass is 16.5. The minimum atomic E-state index is -0.140. The van der Waals surface area contributed by atoms with Crippen LogP contribution in [0.15, 0.2) is 11.1 Å². The zero-order valence-corrected chi connectivity index (χ0v) is 25.8. The molecular formula is C34H58O4. The van der Waals surface area contributed by atoms with Gasteiger partial charge >= 0.3 is 11.9 Å². The summed E-state index contributed by atoms with van der Waals surface area (Å²) in [7, 11) is 0. The van der Waals surface area contributed by atoms with Crippen molar-refractivity contribution in [2.24, 2.45) is 50.7 Å². The van der Waals surface area contributed by atoms with E-state index in [0.717, 1.165) is 25.7 Å². The van der Waals surface area contributed by atoms with Crippen molar-refractivity contribution >= 4 is 11.9 Å². The molecule has 4 saturated carbocycles. The first kappa shape index (κ1) is 28.2. The van der Waals surface area contributed by atoms with Crippen molar-refractivity contribution in [2.45, 2.75) is 133 Å². The maximum atomic E-state index is 11.9. The van der Waals surface area contributed by atoms with E-state index in [2.05, 4.69) is 48.5 Å².